The van der Waals surface area contributed by atoms with Gasteiger partial charge in [0.1, 0.15) is 0 Å². The van der Waals surface area contributed by atoms with Crippen LogP contribution in [0, 0.1) is 5.92 Å². The third-order valence-electron chi connectivity index (χ3n) is 3.58. The zero-order chi connectivity index (χ0) is 14.6. The summed E-state index contributed by atoms with van der Waals surface area (Å²) in [6.45, 7) is 5.57. The van der Waals surface area contributed by atoms with Crippen molar-refractivity contribution in [1.29, 1.82) is 0 Å². The molecule has 0 amide bonds. The summed E-state index contributed by atoms with van der Waals surface area (Å²) in [4.78, 5) is 0. The maximum atomic E-state index is 12.3. The summed E-state index contributed by atoms with van der Waals surface area (Å²) < 4.78 is 27.4. The van der Waals surface area contributed by atoms with Crippen LogP contribution in [0.5, 0.6) is 0 Å². The Hall–Kier alpha value is -0.920. The molecule has 2 rings (SSSR count). The van der Waals surface area contributed by atoms with Crippen LogP contribution < -0.4 is 10.0 Å². The molecule has 1 aliphatic rings. The van der Waals surface area contributed by atoms with Crippen LogP contribution in [0.1, 0.15) is 45.1 Å². The van der Waals surface area contributed by atoms with Crippen molar-refractivity contribution in [3.8, 4) is 0 Å². The molecule has 20 heavy (non-hydrogen) atoms. The van der Waals surface area contributed by atoms with Gasteiger partial charge < -0.3 is 5.32 Å². The van der Waals surface area contributed by atoms with Crippen molar-refractivity contribution in [3.63, 3.8) is 0 Å². The molecule has 7 heteroatoms. The fourth-order valence-corrected chi connectivity index (χ4v) is 3.85. The van der Waals surface area contributed by atoms with Gasteiger partial charge in [0.2, 0.25) is 0 Å². The molecule has 114 valence electrons. The molecule has 1 aromatic heterocycles. The van der Waals surface area contributed by atoms with Crippen LogP contribution in [0.3, 0.4) is 0 Å². The third kappa shape index (κ3) is 3.80. The van der Waals surface area contributed by atoms with Crippen LogP contribution in [-0.2, 0) is 16.6 Å². The van der Waals surface area contributed by atoms with Gasteiger partial charge in [0.25, 0.3) is 10.0 Å². The molecule has 0 spiro atoms. The predicted molar refractivity (Wildman–Crippen MR) is 77.7 cm³/mol. The number of hydrogen-bond donors (Lipinski definition) is 3. The molecule has 2 unspecified atom stereocenters. The Kier molecular flexibility index (Phi) is 5.17. The first-order valence-corrected chi connectivity index (χ1v) is 8.82. The Bertz CT molecular complexity index is 526. The smallest absolute Gasteiger partial charge is 0.258 e. The molecule has 1 saturated carbocycles. The van der Waals surface area contributed by atoms with Crippen molar-refractivity contribution in [3.05, 3.63) is 11.8 Å². The highest BCUT2D eigenvalue weighted by Gasteiger charge is 2.40. The summed E-state index contributed by atoms with van der Waals surface area (Å²) in [6.07, 6.45) is 5.72. The molecule has 0 saturated heterocycles. The van der Waals surface area contributed by atoms with Gasteiger partial charge in [0, 0.05) is 18.2 Å². The summed E-state index contributed by atoms with van der Waals surface area (Å²) in [5, 5.41) is 9.87. The highest BCUT2D eigenvalue weighted by Crippen LogP contribution is 2.35. The minimum Gasteiger partial charge on any atom is -0.313 e. The minimum absolute atomic E-state index is 0.0969. The first-order chi connectivity index (χ1) is 9.58. The highest BCUT2D eigenvalue weighted by molar-refractivity contribution is 7.89. The lowest BCUT2D eigenvalue weighted by Gasteiger charge is -2.07. The van der Waals surface area contributed by atoms with E-state index >= 15 is 0 Å². The number of aromatic nitrogens is 2. The summed E-state index contributed by atoms with van der Waals surface area (Å²) in [6, 6.07) is 0.0969. The molecule has 0 radical (unpaired) electrons. The normalized spacial score (nSPS) is 22.1. The monoisotopic (exact) mass is 300 g/mol. The number of sulfonamides is 1. The molecule has 1 aromatic rings. The SMILES string of the molecule is CCCNCc1cn[nH]c1S(=O)(=O)NC1CC1CCC. The highest BCUT2D eigenvalue weighted by atomic mass is 32.2. The molecule has 0 aliphatic heterocycles. The lowest BCUT2D eigenvalue weighted by atomic mass is 10.2. The van der Waals surface area contributed by atoms with Crippen molar-refractivity contribution >= 4 is 10.0 Å². The predicted octanol–water partition coefficient (Wildman–Crippen LogP) is 1.38. The quantitative estimate of drug-likeness (QED) is 0.601. The number of nitrogens with one attached hydrogen (secondary N) is 3. The Morgan fingerprint density at radius 3 is 2.90 bits per heavy atom. The third-order valence-corrected chi connectivity index (χ3v) is 5.08. The van der Waals surface area contributed by atoms with Gasteiger partial charge >= 0.3 is 0 Å². The average molecular weight is 300 g/mol. The number of nitrogens with zero attached hydrogens (tertiary/aromatic N) is 1. The first kappa shape index (κ1) is 15.5. The van der Waals surface area contributed by atoms with Gasteiger partial charge in [-0.25, -0.2) is 13.1 Å². The largest absolute Gasteiger partial charge is 0.313 e. The van der Waals surface area contributed by atoms with E-state index in [2.05, 4.69) is 34.1 Å². The summed E-state index contributed by atoms with van der Waals surface area (Å²) >= 11 is 0. The summed E-state index contributed by atoms with van der Waals surface area (Å²) in [5.74, 6) is 0.499. The number of H-pyrrole nitrogens is 1. The zero-order valence-electron chi connectivity index (χ0n) is 12.1. The summed E-state index contributed by atoms with van der Waals surface area (Å²) in [7, 11) is -3.48. The van der Waals surface area contributed by atoms with Crippen LogP contribution in [0.15, 0.2) is 11.2 Å². The van der Waals surface area contributed by atoms with Crippen LogP contribution in [-0.4, -0.2) is 31.2 Å². The Labute approximate surface area is 120 Å². The topological polar surface area (TPSA) is 86.9 Å². The van der Waals surface area contributed by atoms with Crippen molar-refractivity contribution in [2.45, 2.75) is 57.1 Å². The van der Waals surface area contributed by atoms with Crippen LogP contribution in [0.2, 0.25) is 0 Å². The average Bonchev–Trinajstić information content (AvgIpc) is 2.92. The maximum Gasteiger partial charge on any atom is 0.258 e. The van der Waals surface area contributed by atoms with E-state index in [1.807, 2.05) is 0 Å². The molecular weight excluding hydrogens is 276 g/mol. The Morgan fingerprint density at radius 2 is 2.20 bits per heavy atom. The number of rotatable bonds is 9. The molecule has 0 aromatic carbocycles. The van der Waals surface area contributed by atoms with Crippen molar-refractivity contribution in [2.75, 3.05) is 6.54 Å². The Morgan fingerprint density at radius 1 is 1.40 bits per heavy atom. The van der Waals surface area contributed by atoms with Gasteiger partial charge in [0.15, 0.2) is 5.03 Å². The molecule has 6 nitrogen and oxygen atoms in total. The lowest BCUT2D eigenvalue weighted by molar-refractivity contribution is 0.566. The van der Waals surface area contributed by atoms with Crippen molar-refractivity contribution < 1.29 is 8.42 Å². The van der Waals surface area contributed by atoms with Crippen molar-refractivity contribution in [2.24, 2.45) is 5.92 Å². The molecule has 1 heterocycles. The second-order valence-corrected chi connectivity index (χ2v) is 7.06. The van der Waals surface area contributed by atoms with E-state index in [9.17, 15) is 8.42 Å². The van der Waals surface area contributed by atoms with E-state index in [0.29, 0.717) is 18.0 Å². The van der Waals surface area contributed by atoms with Crippen LogP contribution >= 0.6 is 0 Å². The fraction of sp³-hybridized carbons (Fsp3) is 0.769. The molecular formula is C13H24N4O2S. The summed E-state index contributed by atoms with van der Waals surface area (Å²) in [5.41, 5.74) is 0.693. The zero-order valence-corrected chi connectivity index (χ0v) is 13.0. The van der Waals surface area contributed by atoms with Gasteiger partial charge in [0.05, 0.1) is 6.20 Å². The first-order valence-electron chi connectivity index (χ1n) is 7.33. The van der Waals surface area contributed by atoms with E-state index in [-0.39, 0.29) is 11.1 Å². The molecule has 0 bridgehead atoms. The Balaban J connectivity index is 1.97. The van der Waals surface area contributed by atoms with Crippen LogP contribution in [0.25, 0.3) is 0 Å². The standard InChI is InChI=1S/C13H24N4O2S/c1-3-5-10-7-12(10)17-20(18,19)13-11(9-15-16-13)8-14-6-4-2/h9-10,12,14,17H,3-8H2,1-2H3,(H,15,16). The number of hydrogen-bond acceptors (Lipinski definition) is 4. The fourth-order valence-electron chi connectivity index (χ4n) is 2.40. The van der Waals surface area contributed by atoms with Gasteiger partial charge in [-0.05, 0) is 31.7 Å². The van der Waals surface area contributed by atoms with Crippen LogP contribution in [0.4, 0.5) is 0 Å². The molecule has 1 aliphatic carbocycles. The molecule has 3 N–H and O–H groups in total. The van der Waals surface area contributed by atoms with Gasteiger partial charge in [-0.3, -0.25) is 5.10 Å². The minimum atomic E-state index is -3.48. The van der Waals surface area contributed by atoms with Gasteiger partial charge in [-0.1, -0.05) is 20.3 Å². The van der Waals surface area contributed by atoms with Gasteiger partial charge in [-0.15, -0.1) is 0 Å². The van der Waals surface area contributed by atoms with E-state index in [1.165, 1.54) is 0 Å². The van der Waals surface area contributed by atoms with E-state index < -0.39 is 10.0 Å². The molecule has 1 fully saturated rings. The van der Waals surface area contributed by atoms with Crippen molar-refractivity contribution in [1.82, 2.24) is 20.2 Å². The van der Waals surface area contributed by atoms with Gasteiger partial charge in [-0.2, -0.15) is 5.10 Å². The van der Waals surface area contributed by atoms with E-state index in [0.717, 1.165) is 32.2 Å². The van der Waals surface area contributed by atoms with E-state index in [4.69, 9.17) is 0 Å². The molecule has 2 atom stereocenters. The number of aromatic amines is 1. The lowest BCUT2D eigenvalue weighted by Crippen LogP contribution is -2.29. The maximum absolute atomic E-state index is 12.3. The second kappa shape index (κ2) is 6.69. The van der Waals surface area contributed by atoms with E-state index in [1.54, 1.807) is 6.20 Å². The second-order valence-electron chi connectivity index (χ2n) is 5.41.